The molecule has 0 saturated carbocycles. The predicted molar refractivity (Wildman–Crippen MR) is 88.1 cm³/mol. The number of pyridine rings is 2. The van der Waals surface area contributed by atoms with Crippen molar-refractivity contribution in [2.75, 3.05) is 5.32 Å². The Kier molecular flexibility index (Phi) is 3.15. The molecule has 4 heterocycles. The van der Waals surface area contributed by atoms with E-state index in [1.165, 1.54) is 6.33 Å². The minimum absolute atomic E-state index is 0.565. The third-order valence-electron chi connectivity index (χ3n) is 3.71. The van der Waals surface area contributed by atoms with E-state index in [2.05, 4.69) is 25.3 Å². The van der Waals surface area contributed by atoms with Crippen molar-refractivity contribution in [3.63, 3.8) is 0 Å². The van der Waals surface area contributed by atoms with Crippen molar-refractivity contribution in [2.24, 2.45) is 0 Å². The van der Waals surface area contributed by atoms with Crippen LogP contribution in [-0.4, -0.2) is 19.9 Å². The highest BCUT2D eigenvalue weighted by Crippen LogP contribution is 2.32. The fourth-order valence-corrected chi connectivity index (χ4v) is 2.71. The molecule has 0 radical (unpaired) electrons. The molecule has 1 N–H and O–H groups in total. The third kappa shape index (κ3) is 2.38. The maximum atomic E-state index is 5.91. The molecule has 0 saturated heterocycles. The van der Waals surface area contributed by atoms with E-state index >= 15 is 0 Å². The van der Waals surface area contributed by atoms with E-state index in [-0.39, 0.29) is 0 Å². The van der Waals surface area contributed by atoms with Gasteiger partial charge in [0.25, 0.3) is 0 Å². The van der Waals surface area contributed by atoms with Crippen molar-refractivity contribution in [3.05, 3.63) is 53.7 Å². The molecule has 0 aliphatic rings. The zero-order valence-electron chi connectivity index (χ0n) is 12.9. The molecule has 4 aromatic rings. The molecule has 4 aromatic heterocycles. The van der Waals surface area contributed by atoms with Crippen molar-refractivity contribution >= 4 is 28.0 Å². The molecule has 0 aromatic carbocycles. The van der Waals surface area contributed by atoms with Crippen LogP contribution in [0.3, 0.4) is 0 Å². The molecule has 6 nitrogen and oxygen atoms in total. The summed E-state index contributed by atoms with van der Waals surface area (Å²) in [4.78, 5) is 17.4. The molecule has 4 rings (SSSR count). The maximum Gasteiger partial charge on any atom is 0.229 e. The van der Waals surface area contributed by atoms with Gasteiger partial charge in [0.15, 0.2) is 11.4 Å². The molecule has 23 heavy (non-hydrogen) atoms. The number of furan rings is 1. The molecule has 0 bridgehead atoms. The Morgan fingerprint density at radius 2 is 2.04 bits per heavy atom. The van der Waals surface area contributed by atoms with Gasteiger partial charge < -0.3 is 9.73 Å². The third-order valence-corrected chi connectivity index (χ3v) is 3.71. The first-order valence-corrected chi connectivity index (χ1v) is 7.37. The molecule has 6 heteroatoms. The SMILES string of the molecule is Cc1cc(C)c2c(n1)oc1c(NCc3ccccn3)ncnc12. The van der Waals surface area contributed by atoms with E-state index in [0.717, 1.165) is 27.9 Å². The molecule has 0 unspecified atom stereocenters. The minimum atomic E-state index is 0.565. The Morgan fingerprint density at radius 1 is 1.13 bits per heavy atom. The van der Waals surface area contributed by atoms with Gasteiger partial charge >= 0.3 is 0 Å². The van der Waals surface area contributed by atoms with Crippen molar-refractivity contribution in [1.82, 2.24) is 19.9 Å². The van der Waals surface area contributed by atoms with Gasteiger partial charge in [0, 0.05) is 11.9 Å². The lowest BCUT2D eigenvalue weighted by Crippen LogP contribution is -2.03. The van der Waals surface area contributed by atoms with Crippen LogP contribution in [0.4, 0.5) is 5.82 Å². The summed E-state index contributed by atoms with van der Waals surface area (Å²) in [6.45, 7) is 4.55. The molecule has 0 atom stereocenters. The quantitative estimate of drug-likeness (QED) is 0.625. The fourth-order valence-electron chi connectivity index (χ4n) is 2.71. The molecular weight excluding hydrogens is 290 g/mol. The molecular formula is C17H15N5O. The number of rotatable bonds is 3. The summed E-state index contributed by atoms with van der Waals surface area (Å²) in [6, 6.07) is 7.83. The number of anilines is 1. The predicted octanol–water partition coefficient (Wildman–Crippen LogP) is 3.39. The van der Waals surface area contributed by atoms with Crippen LogP contribution in [0, 0.1) is 13.8 Å². The van der Waals surface area contributed by atoms with Crippen LogP contribution >= 0.6 is 0 Å². The molecule has 0 aliphatic heterocycles. The number of nitrogens with one attached hydrogen (secondary N) is 1. The van der Waals surface area contributed by atoms with Crippen LogP contribution in [0.2, 0.25) is 0 Å². The Morgan fingerprint density at radius 3 is 2.87 bits per heavy atom. The monoisotopic (exact) mass is 305 g/mol. The Bertz CT molecular complexity index is 994. The van der Waals surface area contributed by atoms with Crippen LogP contribution in [-0.2, 0) is 6.54 Å². The summed E-state index contributed by atoms with van der Waals surface area (Å²) < 4.78 is 5.91. The smallest absolute Gasteiger partial charge is 0.229 e. The van der Waals surface area contributed by atoms with Gasteiger partial charge in [-0.15, -0.1) is 0 Å². The van der Waals surface area contributed by atoms with Gasteiger partial charge in [-0.2, -0.15) is 0 Å². The number of aromatic nitrogens is 4. The zero-order valence-corrected chi connectivity index (χ0v) is 12.9. The van der Waals surface area contributed by atoms with E-state index in [1.807, 2.05) is 38.1 Å². The number of aryl methyl sites for hydroxylation is 2. The normalized spacial score (nSPS) is 11.2. The second kappa shape index (κ2) is 5.31. The fraction of sp³-hybridized carbons (Fsp3) is 0.176. The first kappa shape index (κ1) is 13.6. The van der Waals surface area contributed by atoms with E-state index < -0.39 is 0 Å². The first-order chi connectivity index (χ1) is 11.2. The Labute approximate surface area is 132 Å². The zero-order chi connectivity index (χ0) is 15.8. The van der Waals surface area contributed by atoms with E-state index in [0.29, 0.717) is 23.7 Å². The van der Waals surface area contributed by atoms with Crippen molar-refractivity contribution in [3.8, 4) is 0 Å². The lowest BCUT2D eigenvalue weighted by atomic mass is 10.1. The van der Waals surface area contributed by atoms with E-state index in [1.54, 1.807) is 6.20 Å². The lowest BCUT2D eigenvalue weighted by molar-refractivity contribution is 0.650. The van der Waals surface area contributed by atoms with Gasteiger partial charge in [-0.25, -0.2) is 15.0 Å². The standard InChI is InChI=1S/C17H15N5O/c1-10-7-11(2)22-17-13(10)14-15(23-17)16(21-9-20-14)19-8-12-5-3-4-6-18-12/h3-7,9H,8H2,1-2H3,(H,19,20,21). The molecule has 0 spiro atoms. The van der Waals surface area contributed by atoms with Gasteiger partial charge in [-0.1, -0.05) is 6.07 Å². The van der Waals surface area contributed by atoms with E-state index in [9.17, 15) is 0 Å². The van der Waals surface area contributed by atoms with Crippen molar-refractivity contribution in [2.45, 2.75) is 20.4 Å². The van der Waals surface area contributed by atoms with Crippen LogP contribution in [0.1, 0.15) is 17.0 Å². The van der Waals surface area contributed by atoms with E-state index in [4.69, 9.17) is 4.42 Å². The Hall–Kier alpha value is -3.02. The maximum absolute atomic E-state index is 5.91. The number of fused-ring (bicyclic) bond motifs is 3. The van der Waals surface area contributed by atoms with Crippen LogP contribution in [0.25, 0.3) is 22.2 Å². The second-order valence-corrected chi connectivity index (χ2v) is 5.44. The summed E-state index contributed by atoms with van der Waals surface area (Å²) in [5.74, 6) is 0.649. The summed E-state index contributed by atoms with van der Waals surface area (Å²) in [7, 11) is 0. The minimum Gasteiger partial charge on any atom is -0.432 e. The first-order valence-electron chi connectivity index (χ1n) is 7.37. The highest BCUT2D eigenvalue weighted by Gasteiger charge is 2.16. The second-order valence-electron chi connectivity index (χ2n) is 5.44. The van der Waals surface area contributed by atoms with Crippen LogP contribution in [0.15, 0.2) is 41.2 Å². The molecule has 0 aliphatic carbocycles. The molecule has 114 valence electrons. The topological polar surface area (TPSA) is 76.7 Å². The summed E-state index contributed by atoms with van der Waals surface area (Å²) in [6.07, 6.45) is 3.31. The summed E-state index contributed by atoms with van der Waals surface area (Å²) in [5, 5.41) is 4.20. The van der Waals surface area contributed by atoms with Crippen LogP contribution in [0.5, 0.6) is 0 Å². The molecule has 0 amide bonds. The van der Waals surface area contributed by atoms with Gasteiger partial charge in [0.2, 0.25) is 5.71 Å². The van der Waals surface area contributed by atoms with Crippen molar-refractivity contribution < 1.29 is 4.42 Å². The molecule has 0 fully saturated rings. The van der Waals surface area contributed by atoms with Gasteiger partial charge in [0.05, 0.1) is 17.6 Å². The van der Waals surface area contributed by atoms with Crippen molar-refractivity contribution in [1.29, 1.82) is 0 Å². The van der Waals surface area contributed by atoms with Gasteiger partial charge in [-0.3, -0.25) is 4.98 Å². The highest BCUT2D eigenvalue weighted by molar-refractivity contribution is 6.05. The number of hydrogen-bond donors (Lipinski definition) is 1. The highest BCUT2D eigenvalue weighted by atomic mass is 16.3. The summed E-state index contributed by atoms with van der Waals surface area (Å²) in [5.41, 5.74) is 4.95. The summed E-state index contributed by atoms with van der Waals surface area (Å²) >= 11 is 0. The number of nitrogens with zero attached hydrogens (tertiary/aromatic N) is 4. The lowest BCUT2D eigenvalue weighted by Gasteiger charge is -2.04. The average molecular weight is 305 g/mol. The average Bonchev–Trinajstić information content (AvgIpc) is 2.92. The van der Waals surface area contributed by atoms with Gasteiger partial charge in [-0.05, 0) is 37.6 Å². The largest absolute Gasteiger partial charge is 0.432 e. The Balaban J connectivity index is 1.80. The van der Waals surface area contributed by atoms with Gasteiger partial charge in [0.1, 0.15) is 11.8 Å². The number of hydrogen-bond acceptors (Lipinski definition) is 6. The van der Waals surface area contributed by atoms with Crippen LogP contribution < -0.4 is 5.32 Å².